The second kappa shape index (κ2) is 15.5. The summed E-state index contributed by atoms with van der Waals surface area (Å²) < 4.78 is 42.6. The molecule has 224 valence electrons. The van der Waals surface area contributed by atoms with Gasteiger partial charge in [-0.3, -0.25) is 14.4 Å². The molecule has 0 bridgehead atoms. The molecule has 3 rings (SSSR count). The lowest BCUT2D eigenvalue weighted by Gasteiger charge is -2.23. The molecule has 0 aliphatic rings. The molecule has 1 atom stereocenters. The number of thiol groups is 1. The van der Waals surface area contributed by atoms with Crippen molar-refractivity contribution in [3.8, 4) is 11.1 Å². The molecule has 0 saturated carbocycles. The van der Waals surface area contributed by atoms with Gasteiger partial charge in [0.25, 0.3) is 10.0 Å². The lowest BCUT2D eigenvalue weighted by Crippen LogP contribution is -2.36. The van der Waals surface area contributed by atoms with Crippen LogP contribution in [0.25, 0.3) is 11.1 Å². The van der Waals surface area contributed by atoms with Crippen LogP contribution in [0.3, 0.4) is 0 Å². The van der Waals surface area contributed by atoms with Gasteiger partial charge in [-0.05, 0) is 36.1 Å². The van der Waals surface area contributed by atoms with E-state index in [1.807, 2.05) is 42.0 Å². The van der Waals surface area contributed by atoms with Gasteiger partial charge < -0.3 is 10.2 Å². The van der Waals surface area contributed by atoms with E-state index >= 15 is 4.39 Å². The third-order valence-corrected chi connectivity index (χ3v) is 8.31. The number of benzene rings is 3. The number of halogens is 1. The van der Waals surface area contributed by atoms with E-state index in [2.05, 4.69) is 17.9 Å². The molecule has 42 heavy (non-hydrogen) atoms. The highest BCUT2D eigenvalue weighted by molar-refractivity contribution is 7.90. The molecule has 0 radical (unpaired) electrons. The van der Waals surface area contributed by atoms with Crippen LogP contribution in [0.2, 0.25) is 0 Å². The van der Waals surface area contributed by atoms with Gasteiger partial charge in [-0.25, -0.2) is 17.5 Å². The normalized spacial score (nSPS) is 11.9. The zero-order valence-corrected chi connectivity index (χ0v) is 25.4. The van der Waals surface area contributed by atoms with Crippen LogP contribution in [0, 0.1) is 5.82 Å². The predicted molar refractivity (Wildman–Crippen MR) is 164 cm³/mol. The number of hydrogen-bond acceptors (Lipinski definition) is 6. The van der Waals surface area contributed by atoms with E-state index < -0.39 is 21.7 Å². The van der Waals surface area contributed by atoms with Gasteiger partial charge in [0.15, 0.2) is 0 Å². The van der Waals surface area contributed by atoms with Crippen molar-refractivity contribution in [2.45, 2.75) is 56.2 Å². The summed E-state index contributed by atoms with van der Waals surface area (Å²) in [5.74, 6) is -1.80. The number of hydrogen-bond donors (Lipinski definition) is 3. The minimum absolute atomic E-state index is 0.0483. The lowest BCUT2D eigenvalue weighted by atomic mass is 10.0. The molecule has 8 nitrogen and oxygen atoms in total. The molecular weight excluding hydrogens is 577 g/mol. The Balaban J connectivity index is 1.68. The average molecular weight is 614 g/mol. The van der Waals surface area contributed by atoms with E-state index in [1.54, 1.807) is 12.1 Å². The van der Waals surface area contributed by atoms with Crippen molar-refractivity contribution in [2.75, 3.05) is 13.1 Å². The molecule has 0 saturated heterocycles. The van der Waals surface area contributed by atoms with Crippen molar-refractivity contribution < 1.29 is 27.2 Å². The van der Waals surface area contributed by atoms with Crippen LogP contribution in [0.1, 0.15) is 44.2 Å². The van der Waals surface area contributed by atoms with Crippen LogP contribution in [0.5, 0.6) is 0 Å². The van der Waals surface area contributed by atoms with E-state index in [1.165, 1.54) is 35.2 Å². The first-order chi connectivity index (χ1) is 20.0. The monoisotopic (exact) mass is 613 g/mol. The largest absolute Gasteiger partial charge is 0.355 e. The van der Waals surface area contributed by atoms with Gasteiger partial charge in [0.2, 0.25) is 17.7 Å². The van der Waals surface area contributed by atoms with Crippen LogP contribution in [-0.2, 0) is 37.4 Å². The van der Waals surface area contributed by atoms with Gasteiger partial charge in [0.1, 0.15) is 5.82 Å². The minimum Gasteiger partial charge on any atom is -0.355 e. The number of amides is 3. The maximum Gasteiger partial charge on any atom is 0.264 e. The number of carbonyl (C=O) groups excluding carboxylic acids is 3. The molecule has 0 aliphatic heterocycles. The summed E-state index contributed by atoms with van der Waals surface area (Å²) in [7, 11) is -4.16. The maximum atomic E-state index is 15.3. The fourth-order valence-electron chi connectivity index (χ4n) is 4.41. The fraction of sp³-hybridized carbons (Fsp3) is 0.323. The number of carbonyl (C=O) groups is 3. The number of nitrogens with one attached hydrogen (secondary N) is 2. The topological polar surface area (TPSA) is 113 Å². The van der Waals surface area contributed by atoms with Crippen LogP contribution >= 0.6 is 12.6 Å². The van der Waals surface area contributed by atoms with Crippen LogP contribution in [0.15, 0.2) is 77.7 Å². The van der Waals surface area contributed by atoms with E-state index in [9.17, 15) is 22.8 Å². The predicted octanol–water partition coefficient (Wildman–Crippen LogP) is 4.49. The Morgan fingerprint density at radius 2 is 1.67 bits per heavy atom. The van der Waals surface area contributed by atoms with E-state index in [0.717, 1.165) is 12.5 Å². The Labute approximate surface area is 252 Å². The first-order valence-corrected chi connectivity index (χ1v) is 15.7. The molecule has 3 amide bonds. The summed E-state index contributed by atoms with van der Waals surface area (Å²) in [5, 5.41) is 2.79. The third-order valence-electron chi connectivity index (χ3n) is 6.45. The van der Waals surface area contributed by atoms with Gasteiger partial charge in [-0.15, -0.1) is 0 Å². The molecule has 1 unspecified atom stereocenters. The maximum absolute atomic E-state index is 15.3. The smallest absolute Gasteiger partial charge is 0.264 e. The van der Waals surface area contributed by atoms with Crippen LogP contribution in [0.4, 0.5) is 4.39 Å². The summed E-state index contributed by atoms with van der Waals surface area (Å²) in [6.45, 7) is 3.39. The number of nitrogens with zero attached hydrogens (tertiary/aromatic N) is 1. The molecule has 0 aliphatic carbocycles. The van der Waals surface area contributed by atoms with Crippen molar-refractivity contribution in [3.05, 3.63) is 89.7 Å². The van der Waals surface area contributed by atoms with Crippen molar-refractivity contribution in [2.24, 2.45) is 0 Å². The summed E-state index contributed by atoms with van der Waals surface area (Å²) in [4.78, 5) is 38.1. The molecule has 0 heterocycles. The van der Waals surface area contributed by atoms with E-state index in [4.69, 9.17) is 0 Å². The molecule has 2 N–H and O–H groups in total. The van der Waals surface area contributed by atoms with Gasteiger partial charge in [0.05, 0.1) is 4.90 Å². The molecule has 3 aromatic rings. The zero-order chi connectivity index (χ0) is 30.7. The quantitative estimate of drug-likeness (QED) is 0.232. The van der Waals surface area contributed by atoms with Crippen molar-refractivity contribution in [1.82, 2.24) is 14.9 Å². The summed E-state index contributed by atoms with van der Waals surface area (Å²) in [5.41, 5.74) is 1.86. The molecule has 0 aromatic heterocycles. The molecule has 0 spiro atoms. The standard InChI is InChI=1S/C31H36FN3O5S2/c1-3-9-31(38)35(17-16-30(37)33-20-26(41)18-23-10-5-4-6-11-23)21-25-15-14-24(19-28(25)32)27-12-7-8-13-29(27)42(39,40)34-22(2)36/h4-8,10-15,19,26,41H,3,9,16-18,20-21H2,1-2H3,(H,33,37)(H,34,36). The minimum atomic E-state index is -4.16. The van der Waals surface area contributed by atoms with Crippen molar-refractivity contribution in [3.63, 3.8) is 0 Å². The molecule has 0 fully saturated rings. The van der Waals surface area contributed by atoms with Gasteiger partial charge >= 0.3 is 0 Å². The van der Waals surface area contributed by atoms with Crippen LogP contribution in [-0.4, -0.2) is 49.4 Å². The lowest BCUT2D eigenvalue weighted by molar-refractivity contribution is -0.132. The molecular formula is C31H36FN3O5S2. The van der Waals surface area contributed by atoms with Gasteiger partial charge in [-0.2, -0.15) is 12.6 Å². The second-order valence-corrected chi connectivity index (χ2v) is 12.3. The fourth-order valence-corrected chi connectivity index (χ4v) is 5.93. The Kier molecular flexibility index (Phi) is 12.1. The summed E-state index contributed by atoms with van der Waals surface area (Å²) >= 11 is 4.56. The highest BCUT2D eigenvalue weighted by atomic mass is 32.2. The third kappa shape index (κ3) is 9.70. The Morgan fingerprint density at radius 3 is 2.33 bits per heavy atom. The summed E-state index contributed by atoms with van der Waals surface area (Å²) in [6.07, 6.45) is 1.61. The Hall–Kier alpha value is -3.70. The molecule has 3 aromatic carbocycles. The Morgan fingerprint density at radius 1 is 0.976 bits per heavy atom. The van der Waals surface area contributed by atoms with Gasteiger partial charge in [0, 0.05) is 55.8 Å². The number of sulfonamides is 1. The Bertz CT molecular complexity index is 1500. The second-order valence-electron chi connectivity index (χ2n) is 9.93. The van der Waals surface area contributed by atoms with E-state index in [-0.39, 0.29) is 59.0 Å². The number of rotatable bonds is 14. The van der Waals surface area contributed by atoms with Gasteiger partial charge in [-0.1, -0.05) is 67.6 Å². The summed E-state index contributed by atoms with van der Waals surface area (Å²) in [6, 6.07) is 20.1. The zero-order valence-electron chi connectivity index (χ0n) is 23.7. The highest BCUT2D eigenvalue weighted by Gasteiger charge is 2.22. The average Bonchev–Trinajstić information content (AvgIpc) is 2.95. The van der Waals surface area contributed by atoms with Crippen molar-refractivity contribution in [1.29, 1.82) is 0 Å². The van der Waals surface area contributed by atoms with Crippen LogP contribution < -0.4 is 10.0 Å². The SMILES string of the molecule is CCCC(=O)N(CCC(=O)NCC(S)Cc1ccccc1)Cc1ccc(-c2ccccc2S(=O)(=O)NC(C)=O)cc1F. The first kappa shape index (κ1) is 32.8. The van der Waals surface area contributed by atoms with E-state index in [0.29, 0.717) is 24.9 Å². The molecule has 11 heteroatoms. The first-order valence-electron chi connectivity index (χ1n) is 13.7. The highest BCUT2D eigenvalue weighted by Crippen LogP contribution is 2.29. The van der Waals surface area contributed by atoms with Crippen molar-refractivity contribution >= 4 is 40.4 Å².